The van der Waals surface area contributed by atoms with Gasteiger partial charge in [-0.1, -0.05) is 26.0 Å². The molecule has 1 fully saturated rings. The molecule has 1 atom stereocenters. The lowest BCUT2D eigenvalue weighted by molar-refractivity contribution is 0.0905. The molecule has 1 unspecified atom stereocenters. The van der Waals surface area contributed by atoms with Gasteiger partial charge in [-0.2, -0.15) is 0 Å². The lowest BCUT2D eigenvalue weighted by atomic mass is 10.0. The Kier molecular flexibility index (Phi) is 6.62. The lowest BCUT2D eigenvalue weighted by Gasteiger charge is -2.39. The number of para-hydroxylation sites is 1. The summed E-state index contributed by atoms with van der Waals surface area (Å²) in [5.74, 6) is 0.736. The predicted octanol–water partition coefficient (Wildman–Crippen LogP) is 1.25. The first kappa shape index (κ1) is 19.2. The van der Waals surface area contributed by atoms with Gasteiger partial charge in [-0.15, -0.1) is 0 Å². The van der Waals surface area contributed by atoms with E-state index >= 15 is 0 Å². The van der Waals surface area contributed by atoms with E-state index in [4.69, 9.17) is 4.74 Å². The predicted molar refractivity (Wildman–Crippen MR) is 95.9 cm³/mol. The highest BCUT2D eigenvalue weighted by Crippen LogP contribution is 2.23. The number of piperazine rings is 1. The van der Waals surface area contributed by atoms with E-state index in [1.807, 2.05) is 0 Å². The van der Waals surface area contributed by atoms with Crippen molar-refractivity contribution < 1.29 is 13.2 Å². The fraction of sp³-hybridized carbons (Fsp3) is 0.647. The molecule has 1 saturated heterocycles. The van der Waals surface area contributed by atoms with Crippen molar-refractivity contribution in [1.29, 1.82) is 0 Å². The van der Waals surface area contributed by atoms with E-state index in [0.29, 0.717) is 18.2 Å². The third-order valence-corrected chi connectivity index (χ3v) is 6.08. The quantitative estimate of drug-likeness (QED) is 0.797. The number of rotatable bonds is 7. The summed E-state index contributed by atoms with van der Waals surface area (Å²) in [6.45, 7) is 8.65. The zero-order valence-corrected chi connectivity index (χ0v) is 15.8. The van der Waals surface area contributed by atoms with Gasteiger partial charge in [0.05, 0.1) is 7.11 Å². The average molecular weight is 356 g/mol. The number of nitrogens with one attached hydrogen (secondary N) is 1. The van der Waals surface area contributed by atoms with Crippen LogP contribution in [-0.2, 0) is 10.0 Å². The average Bonchev–Trinajstić information content (AvgIpc) is 2.56. The Balaban J connectivity index is 2.08. The number of methoxy groups -OCH3 is 1. The van der Waals surface area contributed by atoms with Crippen LogP contribution in [0.4, 0.5) is 0 Å². The van der Waals surface area contributed by atoms with Crippen molar-refractivity contribution in [2.75, 3.05) is 46.9 Å². The molecular formula is C17H29N3O3S. The van der Waals surface area contributed by atoms with Gasteiger partial charge < -0.3 is 9.64 Å². The molecule has 1 aliphatic heterocycles. The van der Waals surface area contributed by atoms with Gasteiger partial charge in [-0.3, -0.25) is 4.90 Å². The minimum atomic E-state index is -3.59. The summed E-state index contributed by atoms with van der Waals surface area (Å²) in [5, 5.41) is 0. The fourth-order valence-electron chi connectivity index (χ4n) is 3.05. The third-order valence-electron chi connectivity index (χ3n) is 4.62. The van der Waals surface area contributed by atoms with Gasteiger partial charge in [0.25, 0.3) is 0 Å². The largest absolute Gasteiger partial charge is 0.495 e. The van der Waals surface area contributed by atoms with E-state index in [9.17, 15) is 8.42 Å². The van der Waals surface area contributed by atoms with E-state index < -0.39 is 10.0 Å². The second-order valence-corrected chi connectivity index (χ2v) is 8.39. The number of benzene rings is 1. The van der Waals surface area contributed by atoms with Crippen LogP contribution in [0.2, 0.25) is 0 Å². The van der Waals surface area contributed by atoms with E-state index in [0.717, 1.165) is 26.2 Å². The molecule has 6 nitrogen and oxygen atoms in total. The Hall–Kier alpha value is -1.15. The highest BCUT2D eigenvalue weighted by Gasteiger charge is 2.27. The molecule has 2 rings (SSSR count). The van der Waals surface area contributed by atoms with Crippen molar-refractivity contribution in [3.05, 3.63) is 24.3 Å². The molecule has 1 aromatic rings. The molecule has 136 valence electrons. The first-order valence-corrected chi connectivity index (χ1v) is 9.88. The second-order valence-electron chi connectivity index (χ2n) is 6.65. The molecule has 0 radical (unpaired) electrons. The monoisotopic (exact) mass is 355 g/mol. The number of nitrogens with zero attached hydrogens (tertiary/aromatic N) is 2. The topological polar surface area (TPSA) is 61.9 Å². The van der Waals surface area contributed by atoms with Crippen molar-refractivity contribution in [2.45, 2.75) is 24.8 Å². The molecule has 0 amide bonds. The van der Waals surface area contributed by atoms with E-state index in [1.54, 1.807) is 24.3 Å². The Labute approximate surface area is 145 Å². The van der Waals surface area contributed by atoms with Crippen LogP contribution in [0.3, 0.4) is 0 Å². The SMILES string of the molecule is COc1ccccc1S(=O)(=O)NCC(C(C)C)N1CCN(C)CC1. The minimum absolute atomic E-state index is 0.184. The molecular weight excluding hydrogens is 326 g/mol. The summed E-state index contributed by atoms with van der Waals surface area (Å²) in [5.41, 5.74) is 0. The molecule has 1 heterocycles. The van der Waals surface area contributed by atoms with Crippen molar-refractivity contribution >= 4 is 10.0 Å². The van der Waals surface area contributed by atoms with Crippen molar-refractivity contribution in [1.82, 2.24) is 14.5 Å². The smallest absolute Gasteiger partial charge is 0.244 e. The molecule has 1 N–H and O–H groups in total. The molecule has 0 bridgehead atoms. The highest BCUT2D eigenvalue weighted by atomic mass is 32.2. The number of likely N-dealkylation sites (N-methyl/N-ethyl adjacent to an activating group) is 1. The number of hydrogen-bond donors (Lipinski definition) is 1. The van der Waals surface area contributed by atoms with Gasteiger partial charge in [-0.25, -0.2) is 13.1 Å². The zero-order chi connectivity index (χ0) is 17.7. The fourth-order valence-corrected chi connectivity index (χ4v) is 4.27. The normalized spacial score (nSPS) is 18.7. The van der Waals surface area contributed by atoms with Crippen LogP contribution < -0.4 is 9.46 Å². The van der Waals surface area contributed by atoms with Gasteiger partial charge in [0, 0.05) is 38.8 Å². The van der Waals surface area contributed by atoms with Crippen LogP contribution in [0.1, 0.15) is 13.8 Å². The molecule has 24 heavy (non-hydrogen) atoms. The van der Waals surface area contributed by atoms with Gasteiger partial charge in [0.15, 0.2) is 0 Å². The van der Waals surface area contributed by atoms with Crippen LogP contribution in [0.5, 0.6) is 5.75 Å². The molecule has 0 aromatic heterocycles. The van der Waals surface area contributed by atoms with Gasteiger partial charge in [0.2, 0.25) is 10.0 Å². The maximum atomic E-state index is 12.7. The van der Waals surface area contributed by atoms with Crippen LogP contribution >= 0.6 is 0 Å². The Bertz CT molecular complexity index is 626. The van der Waals surface area contributed by atoms with Crippen molar-refractivity contribution in [2.24, 2.45) is 5.92 Å². The standard InChI is InChI=1S/C17H29N3O3S/c1-14(2)15(20-11-9-19(3)10-12-20)13-18-24(21,22)17-8-6-5-7-16(17)23-4/h5-8,14-15,18H,9-13H2,1-4H3. The molecule has 1 aliphatic rings. The summed E-state index contributed by atoms with van der Waals surface area (Å²) in [6, 6.07) is 6.88. The van der Waals surface area contributed by atoms with Crippen molar-refractivity contribution in [3.63, 3.8) is 0 Å². The van der Waals surface area contributed by atoms with Gasteiger partial charge in [0.1, 0.15) is 10.6 Å². The van der Waals surface area contributed by atoms with Gasteiger partial charge >= 0.3 is 0 Å². The van der Waals surface area contributed by atoms with E-state index in [2.05, 4.69) is 35.4 Å². The van der Waals surface area contributed by atoms with Crippen LogP contribution in [0.15, 0.2) is 29.2 Å². The molecule has 1 aromatic carbocycles. The number of sulfonamides is 1. The lowest BCUT2D eigenvalue weighted by Crippen LogP contribution is -2.54. The zero-order valence-electron chi connectivity index (χ0n) is 15.0. The molecule has 7 heteroatoms. The number of hydrogen-bond acceptors (Lipinski definition) is 5. The van der Waals surface area contributed by atoms with Crippen molar-refractivity contribution in [3.8, 4) is 5.75 Å². The molecule has 0 saturated carbocycles. The Morgan fingerprint density at radius 2 is 1.79 bits per heavy atom. The molecule has 0 spiro atoms. The first-order valence-electron chi connectivity index (χ1n) is 8.40. The van der Waals surface area contributed by atoms with E-state index in [1.165, 1.54) is 7.11 Å². The third kappa shape index (κ3) is 4.69. The summed E-state index contributed by atoms with van der Waals surface area (Å²) >= 11 is 0. The Morgan fingerprint density at radius 1 is 1.17 bits per heavy atom. The highest BCUT2D eigenvalue weighted by molar-refractivity contribution is 7.89. The summed E-state index contributed by atoms with van der Waals surface area (Å²) in [4.78, 5) is 4.87. The maximum Gasteiger partial charge on any atom is 0.244 e. The van der Waals surface area contributed by atoms with E-state index in [-0.39, 0.29) is 10.9 Å². The van der Waals surface area contributed by atoms with Gasteiger partial charge in [-0.05, 0) is 25.1 Å². The Morgan fingerprint density at radius 3 is 2.38 bits per heavy atom. The van der Waals surface area contributed by atoms with Crippen LogP contribution in [0.25, 0.3) is 0 Å². The summed E-state index contributed by atoms with van der Waals surface area (Å²) in [7, 11) is 0.00569. The number of ether oxygens (including phenoxy) is 1. The minimum Gasteiger partial charge on any atom is -0.495 e. The second kappa shape index (κ2) is 8.29. The summed E-state index contributed by atoms with van der Waals surface area (Å²) in [6.07, 6.45) is 0. The van der Waals surface area contributed by atoms with Crippen LogP contribution in [-0.4, -0.2) is 71.1 Å². The maximum absolute atomic E-state index is 12.7. The summed E-state index contributed by atoms with van der Waals surface area (Å²) < 4.78 is 33.3. The first-order chi connectivity index (χ1) is 11.3. The van der Waals surface area contributed by atoms with Crippen LogP contribution in [0, 0.1) is 5.92 Å². The molecule has 0 aliphatic carbocycles.